The van der Waals surface area contributed by atoms with Gasteiger partial charge in [-0.05, 0) is 58.2 Å². The number of aromatic nitrogens is 1. The van der Waals surface area contributed by atoms with Gasteiger partial charge in [0, 0.05) is 11.3 Å². The Labute approximate surface area is 143 Å². The Balaban J connectivity index is 1.92. The van der Waals surface area contributed by atoms with E-state index in [2.05, 4.69) is 20.9 Å². The van der Waals surface area contributed by atoms with E-state index in [1.807, 2.05) is 55.5 Å². The smallest absolute Gasteiger partial charge is 0.221 e. The number of hydrogen-bond acceptors (Lipinski definition) is 2. The number of rotatable bonds is 4. The van der Waals surface area contributed by atoms with Crippen molar-refractivity contribution in [2.45, 2.75) is 13.5 Å². The minimum Gasteiger partial charge on any atom is -0.472 e. The van der Waals surface area contributed by atoms with Crippen LogP contribution in [0.2, 0.25) is 0 Å². The van der Waals surface area contributed by atoms with Gasteiger partial charge in [-0.2, -0.15) is 0 Å². The number of pyridine rings is 1. The third-order valence-corrected chi connectivity index (χ3v) is 4.09. The first-order chi connectivity index (χ1) is 11.1. The fraction of sp³-hybridized carbons (Fsp3) is 0.105. The Bertz CT molecular complexity index is 821. The topological polar surface area (TPSA) is 22.1 Å². The summed E-state index contributed by atoms with van der Waals surface area (Å²) in [5.41, 5.74) is 3.43. The Morgan fingerprint density at radius 1 is 1.04 bits per heavy atom. The van der Waals surface area contributed by atoms with Crippen molar-refractivity contribution >= 4 is 15.9 Å². The summed E-state index contributed by atoms with van der Waals surface area (Å²) in [7, 11) is 0. The lowest BCUT2D eigenvalue weighted by Crippen LogP contribution is -2.00. The van der Waals surface area contributed by atoms with Gasteiger partial charge in [-0.15, -0.1) is 0 Å². The first-order valence-corrected chi connectivity index (χ1v) is 8.02. The van der Waals surface area contributed by atoms with Crippen LogP contribution in [0.4, 0.5) is 4.39 Å². The van der Waals surface area contributed by atoms with Crippen LogP contribution < -0.4 is 4.74 Å². The summed E-state index contributed by atoms with van der Waals surface area (Å²) in [6.07, 6.45) is 0. The highest BCUT2D eigenvalue weighted by Gasteiger charge is 2.11. The van der Waals surface area contributed by atoms with Crippen LogP contribution >= 0.6 is 15.9 Å². The van der Waals surface area contributed by atoms with E-state index in [9.17, 15) is 4.39 Å². The largest absolute Gasteiger partial charge is 0.472 e. The van der Waals surface area contributed by atoms with Crippen molar-refractivity contribution in [2.75, 3.05) is 0 Å². The van der Waals surface area contributed by atoms with Crippen LogP contribution in [0.3, 0.4) is 0 Å². The Morgan fingerprint density at radius 3 is 2.57 bits per heavy atom. The second-order valence-corrected chi connectivity index (χ2v) is 6.06. The lowest BCUT2D eigenvalue weighted by Gasteiger charge is -2.12. The van der Waals surface area contributed by atoms with Crippen molar-refractivity contribution in [1.29, 1.82) is 0 Å². The predicted octanol–water partition coefficient (Wildman–Crippen LogP) is 5.54. The number of benzene rings is 2. The molecule has 2 aromatic carbocycles. The molecular formula is C19H15BrFNO. The molecule has 0 aliphatic rings. The highest BCUT2D eigenvalue weighted by Crippen LogP contribution is 2.31. The molecule has 0 saturated carbocycles. The van der Waals surface area contributed by atoms with Crippen LogP contribution in [0.5, 0.6) is 5.88 Å². The fourth-order valence-corrected chi connectivity index (χ4v) is 2.50. The molecule has 0 bridgehead atoms. The Kier molecular flexibility index (Phi) is 4.72. The molecule has 0 saturated heterocycles. The normalized spacial score (nSPS) is 10.6. The zero-order valence-electron chi connectivity index (χ0n) is 12.6. The van der Waals surface area contributed by atoms with E-state index in [-0.39, 0.29) is 5.82 Å². The number of halogens is 2. The van der Waals surface area contributed by atoms with Crippen molar-refractivity contribution in [3.8, 4) is 17.0 Å². The minimum atomic E-state index is -0.308. The predicted molar refractivity (Wildman–Crippen MR) is 92.8 cm³/mol. The molecule has 0 aliphatic carbocycles. The second kappa shape index (κ2) is 6.92. The molecule has 0 unspecified atom stereocenters. The molecule has 1 aromatic heterocycles. The van der Waals surface area contributed by atoms with Crippen molar-refractivity contribution in [2.24, 2.45) is 0 Å². The Hall–Kier alpha value is -2.20. The minimum absolute atomic E-state index is 0.308. The molecule has 23 heavy (non-hydrogen) atoms. The molecule has 4 heteroatoms. The number of aryl methyl sites for hydroxylation is 1. The molecule has 3 aromatic rings. The highest BCUT2D eigenvalue weighted by atomic mass is 79.9. The molecule has 0 spiro atoms. The van der Waals surface area contributed by atoms with Crippen molar-refractivity contribution in [3.05, 3.63) is 82.2 Å². The number of ether oxygens (including phenoxy) is 1. The second-order valence-electron chi connectivity index (χ2n) is 5.21. The third kappa shape index (κ3) is 3.77. The molecule has 0 amide bonds. The van der Waals surface area contributed by atoms with E-state index in [4.69, 9.17) is 4.74 Å². The van der Waals surface area contributed by atoms with Crippen LogP contribution in [-0.4, -0.2) is 4.98 Å². The molecule has 0 N–H and O–H groups in total. The summed E-state index contributed by atoms with van der Waals surface area (Å²) in [6.45, 7) is 2.32. The van der Waals surface area contributed by atoms with Crippen LogP contribution in [-0.2, 0) is 6.61 Å². The third-order valence-electron chi connectivity index (χ3n) is 3.45. The zero-order valence-corrected chi connectivity index (χ0v) is 14.2. The fourth-order valence-electron chi connectivity index (χ4n) is 2.25. The molecule has 2 nitrogen and oxygen atoms in total. The molecule has 3 rings (SSSR count). The summed E-state index contributed by atoms with van der Waals surface area (Å²) >= 11 is 3.17. The van der Waals surface area contributed by atoms with E-state index in [1.165, 1.54) is 6.07 Å². The van der Waals surface area contributed by atoms with Gasteiger partial charge in [0.1, 0.15) is 12.4 Å². The van der Waals surface area contributed by atoms with Crippen molar-refractivity contribution in [3.63, 3.8) is 0 Å². The maximum atomic E-state index is 13.8. The Morgan fingerprint density at radius 2 is 1.83 bits per heavy atom. The van der Waals surface area contributed by atoms with E-state index in [1.54, 1.807) is 6.07 Å². The molecule has 0 fully saturated rings. The molecular weight excluding hydrogens is 357 g/mol. The maximum Gasteiger partial charge on any atom is 0.221 e. The van der Waals surface area contributed by atoms with Gasteiger partial charge in [-0.3, -0.25) is 0 Å². The average molecular weight is 372 g/mol. The summed E-state index contributed by atoms with van der Waals surface area (Å²) in [6, 6.07) is 18.7. The average Bonchev–Trinajstić information content (AvgIpc) is 2.57. The molecule has 0 aliphatic heterocycles. The van der Waals surface area contributed by atoms with Crippen LogP contribution in [0.25, 0.3) is 11.1 Å². The first-order valence-electron chi connectivity index (χ1n) is 7.23. The van der Waals surface area contributed by atoms with Gasteiger partial charge >= 0.3 is 0 Å². The van der Waals surface area contributed by atoms with E-state index in [0.29, 0.717) is 17.0 Å². The summed E-state index contributed by atoms with van der Waals surface area (Å²) in [5.74, 6) is 0.202. The van der Waals surface area contributed by atoms with E-state index >= 15 is 0 Å². The van der Waals surface area contributed by atoms with Gasteiger partial charge < -0.3 is 4.74 Å². The van der Waals surface area contributed by atoms with Crippen molar-refractivity contribution in [1.82, 2.24) is 4.98 Å². The van der Waals surface area contributed by atoms with Crippen LogP contribution in [0, 0.1) is 12.7 Å². The SMILES string of the molecule is Cc1ccc(-c2ccc(Br)c(F)c2)c(OCc2ccccc2)n1. The molecule has 0 radical (unpaired) electrons. The quantitative estimate of drug-likeness (QED) is 0.600. The number of hydrogen-bond donors (Lipinski definition) is 0. The van der Waals surface area contributed by atoms with Crippen molar-refractivity contribution < 1.29 is 9.13 Å². The van der Waals surface area contributed by atoms with Crippen LogP contribution in [0.1, 0.15) is 11.3 Å². The van der Waals surface area contributed by atoms with Gasteiger partial charge in [0.15, 0.2) is 0 Å². The van der Waals surface area contributed by atoms with Gasteiger partial charge in [-0.25, -0.2) is 9.37 Å². The van der Waals surface area contributed by atoms with Gasteiger partial charge in [0.2, 0.25) is 5.88 Å². The lowest BCUT2D eigenvalue weighted by atomic mass is 10.1. The summed E-state index contributed by atoms with van der Waals surface area (Å²) in [4.78, 5) is 4.46. The standard InChI is InChI=1S/C19H15BrFNO/c1-13-7-9-16(15-8-10-17(20)18(21)11-15)19(22-13)23-12-14-5-3-2-4-6-14/h2-11H,12H2,1H3. The van der Waals surface area contributed by atoms with E-state index in [0.717, 1.165) is 22.4 Å². The van der Waals surface area contributed by atoms with Gasteiger partial charge in [0.05, 0.1) is 4.47 Å². The summed E-state index contributed by atoms with van der Waals surface area (Å²) < 4.78 is 20.1. The molecule has 0 atom stereocenters. The monoisotopic (exact) mass is 371 g/mol. The lowest BCUT2D eigenvalue weighted by molar-refractivity contribution is 0.295. The van der Waals surface area contributed by atoms with E-state index < -0.39 is 0 Å². The molecule has 1 heterocycles. The number of nitrogens with zero attached hydrogens (tertiary/aromatic N) is 1. The molecule has 116 valence electrons. The zero-order chi connectivity index (χ0) is 16.2. The van der Waals surface area contributed by atoms with Gasteiger partial charge in [-0.1, -0.05) is 36.4 Å². The first kappa shape index (κ1) is 15.7. The van der Waals surface area contributed by atoms with Gasteiger partial charge in [0.25, 0.3) is 0 Å². The maximum absolute atomic E-state index is 13.8. The summed E-state index contributed by atoms with van der Waals surface area (Å²) in [5, 5.41) is 0. The van der Waals surface area contributed by atoms with Crippen LogP contribution in [0.15, 0.2) is 65.1 Å². The highest BCUT2D eigenvalue weighted by molar-refractivity contribution is 9.10.